The molecule has 0 bridgehead atoms. The molecular formula is C6H9N4O2+. The fourth-order valence-electron chi connectivity index (χ4n) is 0.724. The maximum atomic E-state index is 11.0. The zero-order valence-corrected chi connectivity index (χ0v) is 6.65. The van der Waals surface area contributed by atoms with Gasteiger partial charge in [0, 0.05) is 0 Å². The Morgan fingerprint density at radius 1 is 1.92 bits per heavy atom. The molecule has 0 aliphatic rings. The minimum absolute atomic E-state index is 0.136. The molecule has 1 heterocycles. The Bertz CT molecular complexity index is 293. The van der Waals surface area contributed by atoms with E-state index in [1.165, 1.54) is 11.8 Å². The van der Waals surface area contributed by atoms with E-state index in [0.717, 1.165) is 0 Å². The van der Waals surface area contributed by atoms with Gasteiger partial charge in [0.05, 0.1) is 7.11 Å². The van der Waals surface area contributed by atoms with Crippen LogP contribution in [0.2, 0.25) is 0 Å². The van der Waals surface area contributed by atoms with Crippen molar-refractivity contribution in [2.75, 3.05) is 7.11 Å². The van der Waals surface area contributed by atoms with Gasteiger partial charge in [0.2, 0.25) is 0 Å². The van der Waals surface area contributed by atoms with E-state index in [4.69, 9.17) is 0 Å². The maximum Gasteiger partial charge on any atom is 0.413 e. The van der Waals surface area contributed by atoms with Gasteiger partial charge in [0.15, 0.2) is 5.21 Å². The van der Waals surface area contributed by atoms with Crippen molar-refractivity contribution in [2.45, 2.75) is 6.54 Å². The van der Waals surface area contributed by atoms with Gasteiger partial charge in [-0.05, 0) is 0 Å². The molecule has 0 aliphatic carbocycles. The highest BCUT2D eigenvalue weighted by Crippen LogP contribution is 1.85. The molecule has 0 amide bonds. The SMILES string of the molecule is C=CC[n+]1[nH]nnc1C(=O)OC. The van der Waals surface area contributed by atoms with Gasteiger partial charge >= 0.3 is 11.8 Å². The molecule has 6 nitrogen and oxygen atoms in total. The molecule has 6 heteroatoms. The lowest BCUT2D eigenvalue weighted by molar-refractivity contribution is -0.747. The number of hydrogen-bond donors (Lipinski definition) is 1. The van der Waals surface area contributed by atoms with Gasteiger partial charge in [-0.15, -0.1) is 4.68 Å². The van der Waals surface area contributed by atoms with Crippen LogP contribution in [0.5, 0.6) is 0 Å². The molecule has 0 aliphatic heterocycles. The number of ether oxygens (including phenoxy) is 1. The van der Waals surface area contributed by atoms with Gasteiger partial charge in [0.25, 0.3) is 0 Å². The molecule has 0 unspecified atom stereocenters. The van der Waals surface area contributed by atoms with Gasteiger partial charge in [-0.25, -0.2) is 4.79 Å². The van der Waals surface area contributed by atoms with Crippen LogP contribution in [-0.2, 0) is 11.3 Å². The first-order chi connectivity index (χ1) is 5.79. The van der Waals surface area contributed by atoms with Crippen LogP contribution in [0.15, 0.2) is 12.7 Å². The van der Waals surface area contributed by atoms with Crippen LogP contribution in [0.4, 0.5) is 0 Å². The zero-order valence-electron chi connectivity index (χ0n) is 6.65. The van der Waals surface area contributed by atoms with E-state index in [-0.39, 0.29) is 5.82 Å². The molecule has 0 saturated heterocycles. The van der Waals surface area contributed by atoms with E-state index in [0.29, 0.717) is 6.54 Å². The lowest BCUT2D eigenvalue weighted by atomic mass is 10.5. The first kappa shape index (κ1) is 8.38. The van der Waals surface area contributed by atoms with Gasteiger partial charge in [-0.2, -0.15) is 0 Å². The molecular weight excluding hydrogens is 160 g/mol. The van der Waals surface area contributed by atoms with Crippen LogP contribution in [0, 0.1) is 0 Å². The standard InChI is InChI=1S/C6H8N4O2/c1-3-4-10-5(6(11)12-2)7-8-9-10/h3H,1,4H2,2H3/p+1. The molecule has 0 aromatic carbocycles. The molecule has 0 radical (unpaired) electrons. The number of H-pyrrole nitrogens is 1. The summed E-state index contributed by atoms with van der Waals surface area (Å²) < 4.78 is 5.89. The molecule has 0 fully saturated rings. The molecule has 1 aromatic rings. The minimum atomic E-state index is -0.523. The summed E-state index contributed by atoms with van der Waals surface area (Å²) in [5, 5.41) is 9.50. The van der Waals surface area contributed by atoms with E-state index in [1.807, 2.05) is 0 Å². The fraction of sp³-hybridized carbons (Fsp3) is 0.333. The van der Waals surface area contributed by atoms with Crippen molar-refractivity contribution in [3.8, 4) is 0 Å². The number of carbonyl (C=O) groups is 1. The second-order valence-corrected chi connectivity index (χ2v) is 2.01. The van der Waals surface area contributed by atoms with Crippen molar-refractivity contribution < 1.29 is 14.2 Å². The summed E-state index contributed by atoms with van der Waals surface area (Å²) in [5.74, 6) is -0.386. The molecule has 1 rings (SSSR count). The number of tetrazole rings is 1. The Hall–Kier alpha value is -1.72. The average molecular weight is 169 g/mol. The molecule has 12 heavy (non-hydrogen) atoms. The number of rotatable bonds is 3. The van der Waals surface area contributed by atoms with Gasteiger partial charge in [-0.3, -0.25) is 0 Å². The maximum absolute atomic E-state index is 11.0. The number of aromatic nitrogens is 4. The quantitative estimate of drug-likeness (QED) is 0.360. The summed E-state index contributed by atoms with van der Waals surface area (Å²) in [6, 6.07) is 0. The van der Waals surface area contributed by atoms with Crippen LogP contribution in [0.25, 0.3) is 0 Å². The minimum Gasteiger partial charge on any atom is -0.461 e. The number of methoxy groups -OCH3 is 1. The number of hydrogen-bond acceptors (Lipinski definition) is 4. The normalized spacial score (nSPS) is 9.42. The Morgan fingerprint density at radius 2 is 2.67 bits per heavy atom. The summed E-state index contributed by atoms with van der Waals surface area (Å²) in [5.41, 5.74) is 0. The van der Waals surface area contributed by atoms with E-state index >= 15 is 0 Å². The number of aromatic amines is 1. The Morgan fingerprint density at radius 3 is 3.25 bits per heavy atom. The summed E-state index contributed by atoms with van der Waals surface area (Å²) in [7, 11) is 1.29. The predicted octanol–water partition coefficient (Wildman–Crippen LogP) is -0.935. The number of nitrogens with one attached hydrogen (secondary N) is 1. The van der Waals surface area contributed by atoms with E-state index in [1.54, 1.807) is 6.08 Å². The topological polar surface area (TPSA) is 71.8 Å². The number of nitrogens with zero attached hydrogens (tertiary/aromatic N) is 3. The molecule has 1 aromatic heterocycles. The largest absolute Gasteiger partial charge is 0.461 e. The fourth-order valence-corrected chi connectivity index (χ4v) is 0.724. The Balaban J connectivity index is 2.90. The Kier molecular flexibility index (Phi) is 2.52. The number of allylic oxidation sites excluding steroid dienone is 1. The van der Waals surface area contributed by atoms with Gasteiger partial charge in [-0.1, -0.05) is 17.9 Å². The summed E-state index contributed by atoms with van der Waals surface area (Å²) in [6.07, 6.45) is 1.62. The highest BCUT2D eigenvalue weighted by Gasteiger charge is 2.22. The summed E-state index contributed by atoms with van der Waals surface area (Å²) in [4.78, 5) is 11.0. The van der Waals surface area contributed by atoms with Crippen LogP contribution in [0.3, 0.4) is 0 Å². The van der Waals surface area contributed by atoms with Gasteiger partial charge < -0.3 is 4.74 Å². The van der Waals surface area contributed by atoms with E-state index < -0.39 is 5.97 Å². The van der Waals surface area contributed by atoms with Crippen molar-refractivity contribution in [3.63, 3.8) is 0 Å². The molecule has 1 N–H and O–H groups in total. The third kappa shape index (κ3) is 1.47. The molecule has 0 atom stereocenters. The first-order valence-corrected chi connectivity index (χ1v) is 3.29. The van der Waals surface area contributed by atoms with Gasteiger partial charge in [0.1, 0.15) is 11.6 Å². The second kappa shape index (κ2) is 3.61. The summed E-state index contributed by atoms with van der Waals surface area (Å²) >= 11 is 0. The molecule has 0 spiro atoms. The Labute approximate surface area is 68.8 Å². The highest BCUT2D eigenvalue weighted by atomic mass is 16.5. The van der Waals surface area contributed by atoms with Crippen molar-refractivity contribution >= 4 is 5.97 Å². The second-order valence-electron chi connectivity index (χ2n) is 2.01. The van der Waals surface area contributed by atoms with E-state index in [9.17, 15) is 4.79 Å². The summed E-state index contributed by atoms with van der Waals surface area (Å²) in [6.45, 7) is 3.96. The first-order valence-electron chi connectivity index (χ1n) is 3.29. The van der Waals surface area contributed by atoms with Crippen molar-refractivity contribution in [1.82, 2.24) is 15.5 Å². The molecule has 0 saturated carbocycles. The predicted molar refractivity (Wildman–Crippen MR) is 38.1 cm³/mol. The lowest BCUT2D eigenvalue weighted by Crippen LogP contribution is -2.41. The smallest absolute Gasteiger partial charge is 0.413 e. The van der Waals surface area contributed by atoms with Crippen LogP contribution >= 0.6 is 0 Å². The van der Waals surface area contributed by atoms with Crippen LogP contribution < -0.4 is 4.68 Å². The third-order valence-corrected chi connectivity index (χ3v) is 1.25. The number of carbonyl (C=O) groups excluding carboxylic acids is 1. The monoisotopic (exact) mass is 169 g/mol. The van der Waals surface area contributed by atoms with E-state index in [2.05, 4.69) is 26.8 Å². The van der Waals surface area contributed by atoms with Crippen molar-refractivity contribution in [2.24, 2.45) is 0 Å². The van der Waals surface area contributed by atoms with Crippen LogP contribution in [0.1, 0.15) is 10.6 Å². The van der Waals surface area contributed by atoms with Crippen molar-refractivity contribution in [1.29, 1.82) is 0 Å². The highest BCUT2D eigenvalue weighted by molar-refractivity contribution is 5.83. The lowest BCUT2D eigenvalue weighted by Gasteiger charge is -1.91. The zero-order chi connectivity index (χ0) is 8.97. The average Bonchev–Trinajstić information content (AvgIpc) is 2.52. The van der Waals surface area contributed by atoms with Crippen LogP contribution in [-0.4, -0.2) is 28.6 Å². The number of esters is 1. The molecule has 64 valence electrons. The van der Waals surface area contributed by atoms with Crippen molar-refractivity contribution in [3.05, 3.63) is 18.5 Å². The third-order valence-electron chi connectivity index (χ3n) is 1.25.